The van der Waals surface area contributed by atoms with Crippen LogP contribution in [-0.4, -0.2) is 23.8 Å². The standard InChI is InChI=1S/C15H15N3O2/c1-19-12-8-4-3-6-10(12)18-11-7-5-9-13(20-2)14(11)17-15(18)16/h3-9H,1-2H3,(H2,16,17). The SMILES string of the molecule is COc1ccccc1-n1c(N)nc2c(OC)cccc21. The lowest BCUT2D eigenvalue weighted by Gasteiger charge is -2.11. The fraction of sp³-hybridized carbons (Fsp3) is 0.133. The summed E-state index contributed by atoms with van der Waals surface area (Å²) in [6, 6.07) is 13.4. The van der Waals surface area contributed by atoms with Crippen molar-refractivity contribution in [1.29, 1.82) is 0 Å². The monoisotopic (exact) mass is 269 g/mol. The molecule has 2 aromatic carbocycles. The number of methoxy groups -OCH3 is 2. The van der Waals surface area contributed by atoms with Gasteiger partial charge in [0.05, 0.1) is 25.4 Å². The fourth-order valence-electron chi connectivity index (χ4n) is 2.32. The van der Waals surface area contributed by atoms with Gasteiger partial charge in [0.25, 0.3) is 0 Å². The van der Waals surface area contributed by atoms with Crippen LogP contribution in [0.5, 0.6) is 11.5 Å². The van der Waals surface area contributed by atoms with Gasteiger partial charge >= 0.3 is 0 Å². The zero-order valence-corrected chi connectivity index (χ0v) is 11.3. The van der Waals surface area contributed by atoms with E-state index in [4.69, 9.17) is 15.2 Å². The third-order valence-corrected chi connectivity index (χ3v) is 3.22. The molecule has 0 saturated heterocycles. The number of para-hydroxylation sites is 3. The van der Waals surface area contributed by atoms with E-state index in [2.05, 4.69) is 4.98 Å². The number of hydrogen-bond donors (Lipinski definition) is 1. The van der Waals surface area contributed by atoms with E-state index in [0.29, 0.717) is 11.7 Å². The van der Waals surface area contributed by atoms with Crippen molar-refractivity contribution in [2.24, 2.45) is 0 Å². The first-order valence-electron chi connectivity index (χ1n) is 6.20. The maximum absolute atomic E-state index is 6.07. The van der Waals surface area contributed by atoms with Gasteiger partial charge in [0.15, 0.2) is 0 Å². The van der Waals surface area contributed by atoms with Crippen molar-refractivity contribution in [1.82, 2.24) is 9.55 Å². The van der Waals surface area contributed by atoms with Crippen LogP contribution in [0.25, 0.3) is 16.7 Å². The van der Waals surface area contributed by atoms with Gasteiger partial charge in [0.1, 0.15) is 17.0 Å². The maximum atomic E-state index is 6.07. The second kappa shape index (κ2) is 4.77. The zero-order valence-electron chi connectivity index (χ0n) is 11.3. The Morgan fingerprint density at radius 1 is 0.950 bits per heavy atom. The molecule has 0 unspecified atom stereocenters. The molecule has 0 atom stereocenters. The van der Waals surface area contributed by atoms with E-state index >= 15 is 0 Å². The lowest BCUT2D eigenvalue weighted by Crippen LogP contribution is -2.02. The van der Waals surface area contributed by atoms with Crippen LogP contribution < -0.4 is 15.2 Å². The van der Waals surface area contributed by atoms with Crippen LogP contribution in [0.3, 0.4) is 0 Å². The molecule has 0 radical (unpaired) electrons. The fourth-order valence-corrected chi connectivity index (χ4v) is 2.32. The number of rotatable bonds is 3. The molecule has 2 N–H and O–H groups in total. The van der Waals surface area contributed by atoms with Gasteiger partial charge < -0.3 is 15.2 Å². The van der Waals surface area contributed by atoms with Crippen LogP contribution in [0.15, 0.2) is 42.5 Å². The third-order valence-electron chi connectivity index (χ3n) is 3.22. The molecule has 5 heteroatoms. The van der Waals surface area contributed by atoms with Crippen LogP contribution in [0.1, 0.15) is 0 Å². The first kappa shape index (κ1) is 12.3. The molecule has 0 spiro atoms. The van der Waals surface area contributed by atoms with Gasteiger partial charge in [-0.25, -0.2) is 4.98 Å². The Hall–Kier alpha value is -2.69. The van der Waals surface area contributed by atoms with Crippen LogP contribution in [0, 0.1) is 0 Å². The highest BCUT2D eigenvalue weighted by atomic mass is 16.5. The van der Waals surface area contributed by atoms with E-state index in [0.717, 1.165) is 22.5 Å². The molecular formula is C15H15N3O2. The average molecular weight is 269 g/mol. The molecule has 0 aliphatic heterocycles. The highest BCUT2D eigenvalue weighted by Gasteiger charge is 2.15. The highest BCUT2D eigenvalue weighted by molar-refractivity contribution is 5.86. The summed E-state index contributed by atoms with van der Waals surface area (Å²) in [5.74, 6) is 1.83. The minimum absolute atomic E-state index is 0.397. The molecule has 102 valence electrons. The summed E-state index contributed by atoms with van der Waals surface area (Å²) in [7, 11) is 3.25. The van der Waals surface area contributed by atoms with E-state index in [1.54, 1.807) is 14.2 Å². The number of aromatic nitrogens is 2. The number of nitrogen functional groups attached to an aromatic ring is 1. The smallest absolute Gasteiger partial charge is 0.206 e. The van der Waals surface area contributed by atoms with Crippen LogP contribution >= 0.6 is 0 Å². The van der Waals surface area contributed by atoms with E-state index in [1.807, 2.05) is 47.0 Å². The third kappa shape index (κ3) is 1.75. The Kier molecular flexibility index (Phi) is 2.95. The van der Waals surface area contributed by atoms with Gasteiger partial charge in [0.2, 0.25) is 5.95 Å². The molecule has 0 aliphatic carbocycles. The predicted molar refractivity (Wildman–Crippen MR) is 78.6 cm³/mol. The Labute approximate surface area is 116 Å². The summed E-state index contributed by atoms with van der Waals surface area (Å²) >= 11 is 0. The molecule has 0 fully saturated rings. The molecule has 20 heavy (non-hydrogen) atoms. The second-order valence-electron chi connectivity index (χ2n) is 4.31. The topological polar surface area (TPSA) is 62.3 Å². The Bertz CT molecular complexity index is 765. The minimum atomic E-state index is 0.397. The maximum Gasteiger partial charge on any atom is 0.206 e. The van der Waals surface area contributed by atoms with Gasteiger partial charge in [-0.15, -0.1) is 0 Å². The van der Waals surface area contributed by atoms with Gasteiger partial charge in [-0.2, -0.15) is 0 Å². The Morgan fingerprint density at radius 3 is 2.40 bits per heavy atom. The van der Waals surface area contributed by atoms with E-state index in [1.165, 1.54) is 0 Å². The van der Waals surface area contributed by atoms with E-state index in [9.17, 15) is 0 Å². The van der Waals surface area contributed by atoms with Crippen molar-refractivity contribution in [2.75, 3.05) is 20.0 Å². The molecule has 0 bridgehead atoms. The van der Waals surface area contributed by atoms with Gasteiger partial charge in [-0.1, -0.05) is 18.2 Å². The van der Waals surface area contributed by atoms with Gasteiger partial charge in [0, 0.05) is 0 Å². The number of fused-ring (bicyclic) bond motifs is 1. The van der Waals surface area contributed by atoms with Gasteiger partial charge in [-0.05, 0) is 24.3 Å². The normalized spacial score (nSPS) is 10.7. The number of benzene rings is 2. The summed E-state index contributed by atoms with van der Waals surface area (Å²) in [4.78, 5) is 4.40. The number of nitrogens with zero attached hydrogens (tertiary/aromatic N) is 2. The van der Waals surface area contributed by atoms with Crippen molar-refractivity contribution in [3.8, 4) is 17.2 Å². The Balaban J connectivity index is 2.34. The predicted octanol–water partition coefficient (Wildman–Crippen LogP) is 2.62. The molecule has 1 aromatic heterocycles. The number of nitrogens with two attached hydrogens (primary N) is 1. The van der Waals surface area contributed by atoms with Crippen LogP contribution in [-0.2, 0) is 0 Å². The molecule has 3 aromatic rings. The molecule has 1 heterocycles. The lowest BCUT2D eigenvalue weighted by atomic mass is 10.2. The first-order chi connectivity index (χ1) is 9.76. The highest BCUT2D eigenvalue weighted by Crippen LogP contribution is 2.32. The summed E-state index contributed by atoms with van der Waals surface area (Å²) in [5, 5.41) is 0. The molecule has 0 aliphatic rings. The van der Waals surface area contributed by atoms with Crippen LogP contribution in [0.2, 0.25) is 0 Å². The van der Waals surface area contributed by atoms with Crippen molar-refractivity contribution in [2.45, 2.75) is 0 Å². The Morgan fingerprint density at radius 2 is 1.65 bits per heavy atom. The summed E-state index contributed by atoms with van der Waals surface area (Å²) in [6.45, 7) is 0. The summed E-state index contributed by atoms with van der Waals surface area (Å²) < 4.78 is 12.6. The molecule has 5 nitrogen and oxygen atoms in total. The van der Waals surface area contributed by atoms with Gasteiger partial charge in [-0.3, -0.25) is 4.57 Å². The summed E-state index contributed by atoms with van der Waals surface area (Å²) in [6.07, 6.45) is 0. The zero-order chi connectivity index (χ0) is 14.1. The quantitative estimate of drug-likeness (QED) is 0.794. The van der Waals surface area contributed by atoms with E-state index < -0.39 is 0 Å². The minimum Gasteiger partial charge on any atom is -0.495 e. The number of imidazole rings is 1. The van der Waals surface area contributed by atoms with E-state index in [-0.39, 0.29) is 0 Å². The number of ether oxygens (including phenoxy) is 2. The summed E-state index contributed by atoms with van der Waals surface area (Å²) in [5.41, 5.74) is 8.54. The molecular weight excluding hydrogens is 254 g/mol. The molecule has 0 saturated carbocycles. The first-order valence-corrected chi connectivity index (χ1v) is 6.20. The average Bonchev–Trinajstić information content (AvgIpc) is 2.82. The van der Waals surface area contributed by atoms with Crippen molar-refractivity contribution < 1.29 is 9.47 Å². The number of hydrogen-bond acceptors (Lipinski definition) is 4. The molecule has 3 rings (SSSR count). The molecule has 0 amide bonds. The second-order valence-corrected chi connectivity index (χ2v) is 4.31. The largest absolute Gasteiger partial charge is 0.495 e. The van der Waals surface area contributed by atoms with Crippen LogP contribution in [0.4, 0.5) is 5.95 Å². The van der Waals surface area contributed by atoms with Crippen molar-refractivity contribution in [3.05, 3.63) is 42.5 Å². The number of anilines is 1. The van der Waals surface area contributed by atoms with Crippen molar-refractivity contribution in [3.63, 3.8) is 0 Å². The van der Waals surface area contributed by atoms with Crippen molar-refractivity contribution >= 4 is 17.0 Å². The lowest BCUT2D eigenvalue weighted by molar-refractivity contribution is 0.413.